The van der Waals surface area contributed by atoms with E-state index in [2.05, 4.69) is 5.32 Å². The Morgan fingerprint density at radius 2 is 1.95 bits per heavy atom. The van der Waals surface area contributed by atoms with Crippen LogP contribution in [0.4, 0.5) is 4.79 Å². The van der Waals surface area contributed by atoms with Gasteiger partial charge in [0.05, 0.1) is 13.7 Å². The summed E-state index contributed by atoms with van der Waals surface area (Å²) in [5.41, 5.74) is 0. The minimum atomic E-state index is -0.0563. The van der Waals surface area contributed by atoms with Crippen molar-refractivity contribution < 1.29 is 14.3 Å². The molecular formula is C14H22N2O3. The fourth-order valence-corrected chi connectivity index (χ4v) is 1.64. The Balaban J connectivity index is 2.28. The Bertz CT molecular complexity index is 392. The van der Waals surface area contributed by atoms with E-state index in [1.54, 1.807) is 12.0 Å². The van der Waals surface area contributed by atoms with Crippen LogP contribution in [0.3, 0.4) is 0 Å². The van der Waals surface area contributed by atoms with Gasteiger partial charge in [0.25, 0.3) is 0 Å². The van der Waals surface area contributed by atoms with E-state index in [4.69, 9.17) is 9.47 Å². The third-order valence-electron chi connectivity index (χ3n) is 2.74. The molecule has 0 unspecified atom stereocenters. The first-order valence-electron chi connectivity index (χ1n) is 6.50. The van der Waals surface area contributed by atoms with Gasteiger partial charge in [0.2, 0.25) is 0 Å². The molecule has 2 amide bonds. The molecule has 5 heteroatoms. The number of hydrogen-bond acceptors (Lipinski definition) is 3. The fraction of sp³-hybridized carbons (Fsp3) is 0.500. The van der Waals surface area contributed by atoms with Gasteiger partial charge < -0.3 is 19.7 Å². The van der Waals surface area contributed by atoms with Crippen LogP contribution >= 0.6 is 0 Å². The van der Waals surface area contributed by atoms with Crippen molar-refractivity contribution >= 4 is 6.03 Å². The third kappa shape index (κ3) is 5.07. The van der Waals surface area contributed by atoms with Crippen LogP contribution in [0, 0.1) is 0 Å². The predicted molar refractivity (Wildman–Crippen MR) is 74.8 cm³/mol. The molecule has 0 saturated carbocycles. The highest BCUT2D eigenvalue weighted by atomic mass is 16.5. The van der Waals surface area contributed by atoms with Crippen LogP contribution in [0.15, 0.2) is 24.3 Å². The molecule has 1 rings (SSSR count). The number of urea groups is 1. The van der Waals surface area contributed by atoms with Crippen LogP contribution in [0.5, 0.6) is 11.5 Å². The number of ether oxygens (including phenoxy) is 2. The summed E-state index contributed by atoms with van der Waals surface area (Å²) in [5, 5.41) is 2.81. The molecule has 0 radical (unpaired) electrons. The Hall–Kier alpha value is -1.91. The summed E-state index contributed by atoms with van der Waals surface area (Å²) in [5.74, 6) is 1.49. The van der Waals surface area contributed by atoms with Gasteiger partial charge in [0, 0.05) is 19.2 Å². The molecule has 0 saturated heterocycles. The van der Waals surface area contributed by atoms with Gasteiger partial charge in [0.15, 0.2) is 0 Å². The average molecular weight is 266 g/mol. The fourth-order valence-electron chi connectivity index (χ4n) is 1.64. The molecule has 1 N–H and O–H groups in total. The Labute approximate surface area is 114 Å². The zero-order chi connectivity index (χ0) is 14.1. The SMILES string of the molecule is CCN(CC)C(=O)NCCOc1cccc(OC)c1. The quantitative estimate of drug-likeness (QED) is 0.769. The minimum absolute atomic E-state index is 0.0563. The highest BCUT2D eigenvalue weighted by Crippen LogP contribution is 2.18. The van der Waals surface area contributed by atoms with Crippen molar-refractivity contribution in [3.8, 4) is 11.5 Å². The van der Waals surface area contributed by atoms with Gasteiger partial charge in [-0.05, 0) is 26.0 Å². The lowest BCUT2D eigenvalue weighted by Crippen LogP contribution is -2.41. The number of hydrogen-bond donors (Lipinski definition) is 1. The molecule has 106 valence electrons. The first-order valence-corrected chi connectivity index (χ1v) is 6.50. The van der Waals surface area contributed by atoms with Crippen molar-refractivity contribution in [1.82, 2.24) is 10.2 Å². The molecule has 0 aliphatic carbocycles. The lowest BCUT2D eigenvalue weighted by Gasteiger charge is -2.19. The Morgan fingerprint density at radius 1 is 1.26 bits per heavy atom. The second kappa shape index (κ2) is 8.24. The van der Waals surface area contributed by atoms with E-state index in [0.29, 0.717) is 26.2 Å². The molecule has 0 bridgehead atoms. The molecule has 0 aliphatic rings. The molecule has 1 aromatic carbocycles. The third-order valence-corrected chi connectivity index (χ3v) is 2.74. The largest absolute Gasteiger partial charge is 0.497 e. The minimum Gasteiger partial charge on any atom is -0.497 e. The summed E-state index contributed by atoms with van der Waals surface area (Å²) in [7, 11) is 1.61. The lowest BCUT2D eigenvalue weighted by molar-refractivity contribution is 0.200. The standard InChI is InChI=1S/C14H22N2O3/c1-4-16(5-2)14(17)15-9-10-19-13-8-6-7-12(11-13)18-3/h6-8,11H,4-5,9-10H2,1-3H3,(H,15,17). The maximum Gasteiger partial charge on any atom is 0.317 e. The van der Waals surface area contributed by atoms with E-state index in [0.717, 1.165) is 11.5 Å². The highest BCUT2D eigenvalue weighted by Gasteiger charge is 2.07. The van der Waals surface area contributed by atoms with Crippen molar-refractivity contribution in [3.05, 3.63) is 24.3 Å². The molecule has 0 spiro atoms. The summed E-state index contributed by atoms with van der Waals surface area (Å²) in [6, 6.07) is 7.33. The summed E-state index contributed by atoms with van der Waals surface area (Å²) >= 11 is 0. The number of nitrogens with one attached hydrogen (secondary N) is 1. The summed E-state index contributed by atoms with van der Waals surface area (Å²) in [6.07, 6.45) is 0. The van der Waals surface area contributed by atoms with Gasteiger partial charge in [-0.15, -0.1) is 0 Å². The van der Waals surface area contributed by atoms with E-state index in [1.807, 2.05) is 38.1 Å². The van der Waals surface area contributed by atoms with Crippen LogP contribution < -0.4 is 14.8 Å². The van der Waals surface area contributed by atoms with E-state index >= 15 is 0 Å². The number of benzene rings is 1. The zero-order valence-corrected chi connectivity index (χ0v) is 11.8. The average Bonchev–Trinajstić information content (AvgIpc) is 2.45. The van der Waals surface area contributed by atoms with Crippen LogP contribution in [0.1, 0.15) is 13.8 Å². The molecular weight excluding hydrogens is 244 g/mol. The highest BCUT2D eigenvalue weighted by molar-refractivity contribution is 5.74. The van der Waals surface area contributed by atoms with Crippen molar-refractivity contribution in [2.75, 3.05) is 33.4 Å². The molecule has 0 fully saturated rings. The zero-order valence-electron chi connectivity index (χ0n) is 11.8. The van der Waals surface area contributed by atoms with E-state index in [9.17, 15) is 4.79 Å². The van der Waals surface area contributed by atoms with Crippen molar-refractivity contribution in [2.24, 2.45) is 0 Å². The van der Waals surface area contributed by atoms with Gasteiger partial charge in [-0.25, -0.2) is 4.79 Å². The summed E-state index contributed by atoms with van der Waals surface area (Å²) < 4.78 is 10.6. The van der Waals surface area contributed by atoms with Crippen LogP contribution in [0.25, 0.3) is 0 Å². The number of nitrogens with zero attached hydrogens (tertiary/aromatic N) is 1. The molecule has 0 aromatic heterocycles. The van der Waals surface area contributed by atoms with E-state index in [-0.39, 0.29) is 6.03 Å². The second-order valence-corrected chi connectivity index (χ2v) is 3.93. The summed E-state index contributed by atoms with van der Waals surface area (Å²) in [4.78, 5) is 13.4. The maximum absolute atomic E-state index is 11.7. The lowest BCUT2D eigenvalue weighted by atomic mass is 10.3. The van der Waals surface area contributed by atoms with Gasteiger partial charge in [-0.1, -0.05) is 6.07 Å². The number of carbonyl (C=O) groups is 1. The molecule has 0 atom stereocenters. The first kappa shape index (κ1) is 15.1. The van der Waals surface area contributed by atoms with Crippen LogP contribution in [0.2, 0.25) is 0 Å². The molecule has 0 heterocycles. The Kier molecular flexibility index (Phi) is 6.57. The predicted octanol–water partition coefficient (Wildman–Crippen LogP) is 2.13. The van der Waals surface area contributed by atoms with E-state index in [1.165, 1.54) is 0 Å². The van der Waals surface area contributed by atoms with Gasteiger partial charge in [-0.3, -0.25) is 0 Å². The van der Waals surface area contributed by atoms with Crippen molar-refractivity contribution in [3.63, 3.8) is 0 Å². The number of carbonyl (C=O) groups excluding carboxylic acids is 1. The van der Waals surface area contributed by atoms with Crippen molar-refractivity contribution in [2.45, 2.75) is 13.8 Å². The first-order chi connectivity index (χ1) is 9.21. The Morgan fingerprint density at radius 3 is 2.58 bits per heavy atom. The van der Waals surface area contributed by atoms with Crippen molar-refractivity contribution in [1.29, 1.82) is 0 Å². The smallest absolute Gasteiger partial charge is 0.317 e. The van der Waals surface area contributed by atoms with Crippen LogP contribution in [-0.4, -0.2) is 44.3 Å². The molecule has 0 aliphatic heterocycles. The molecule has 1 aromatic rings. The van der Waals surface area contributed by atoms with Gasteiger partial charge in [-0.2, -0.15) is 0 Å². The maximum atomic E-state index is 11.7. The second-order valence-electron chi connectivity index (χ2n) is 3.93. The summed E-state index contributed by atoms with van der Waals surface area (Å²) in [6.45, 7) is 6.23. The molecule has 5 nitrogen and oxygen atoms in total. The number of amides is 2. The van der Waals surface area contributed by atoms with E-state index < -0.39 is 0 Å². The molecule has 19 heavy (non-hydrogen) atoms. The topological polar surface area (TPSA) is 50.8 Å². The normalized spacial score (nSPS) is 9.84. The van der Waals surface area contributed by atoms with Gasteiger partial charge in [0.1, 0.15) is 18.1 Å². The van der Waals surface area contributed by atoms with Gasteiger partial charge >= 0.3 is 6.03 Å². The monoisotopic (exact) mass is 266 g/mol. The van der Waals surface area contributed by atoms with Crippen LogP contribution in [-0.2, 0) is 0 Å². The number of rotatable bonds is 7. The number of methoxy groups -OCH3 is 1.